The predicted molar refractivity (Wildman–Crippen MR) is 67.7 cm³/mol. The molecule has 1 rings (SSSR count). The second kappa shape index (κ2) is 7.79. The van der Waals surface area contributed by atoms with E-state index in [-0.39, 0.29) is 18.3 Å². The van der Waals surface area contributed by atoms with E-state index in [0.29, 0.717) is 25.3 Å². The molecule has 0 bridgehead atoms. The quantitative estimate of drug-likeness (QED) is 0.713. The number of halogens is 1. The number of methoxy groups -OCH3 is 1. The number of carbonyl (C=O) groups is 1. The van der Waals surface area contributed by atoms with Gasteiger partial charge in [-0.15, -0.1) is 0 Å². The van der Waals surface area contributed by atoms with Gasteiger partial charge in [0.05, 0.1) is 13.2 Å². The van der Waals surface area contributed by atoms with E-state index in [1.54, 1.807) is 26.2 Å². The fourth-order valence-corrected chi connectivity index (χ4v) is 1.46. The molecule has 1 amide bonds. The molecule has 0 radical (unpaired) electrons. The van der Waals surface area contributed by atoms with Gasteiger partial charge in [0.1, 0.15) is 5.82 Å². The van der Waals surface area contributed by atoms with Crippen LogP contribution in [0.4, 0.5) is 4.39 Å². The Morgan fingerprint density at radius 1 is 1.44 bits per heavy atom. The fraction of sp³-hybridized carbons (Fsp3) is 0.462. The van der Waals surface area contributed by atoms with Crippen molar-refractivity contribution >= 4 is 5.91 Å². The standard InChI is InChI=1S/C13H19FN2O2/c1-10-7-11(3-4-12(10)14)8-16-13(17)9-15-5-6-18-2/h3-4,7,15H,5-6,8-9H2,1-2H3,(H,16,17). The van der Waals surface area contributed by atoms with Gasteiger partial charge in [-0.25, -0.2) is 4.39 Å². The van der Waals surface area contributed by atoms with Gasteiger partial charge in [0.2, 0.25) is 5.91 Å². The molecule has 0 aliphatic rings. The van der Waals surface area contributed by atoms with Crippen LogP contribution < -0.4 is 10.6 Å². The summed E-state index contributed by atoms with van der Waals surface area (Å²) in [5, 5.41) is 5.70. The van der Waals surface area contributed by atoms with Crippen molar-refractivity contribution in [2.75, 3.05) is 26.8 Å². The molecule has 0 unspecified atom stereocenters. The molecule has 0 aromatic heterocycles. The van der Waals surface area contributed by atoms with Crippen LogP contribution >= 0.6 is 0 Å². The van der Waals surface area contributed by atoms with Crippen molar-refractivity contribution < 1.29 is 13.9 Å². The number of hydrogen-bond donors (Lipinski definition) is 2. The van der Waals surface area contributed by atoms with Crippen LogP contribution in [0.15, 0.2) is 18.2 Å². The van der Waals surface area contributed by atoms with Crippen LogP contribution in [0.1, 0.15) is 11.1 Å². The lowest BCUT2D eigenvalue weighted by atomic mass is 10.1. The smallest absolute Gasteiger partial charge is 0.234 e. The lowest BCUT2D eigenvalue weighted by molar-refractivity contribution is -0.120. The summed E-state index contributed by atoms with van der Waals surface area (Å²) in [6.07, 6.45) is 0. The van der Waals surface area contributed by atoms with Crippen LogP contribution in [0, 0.1) is 12.7 Å². The molecule has 18 heavy (non-hydrogen) atoms. The van der Waals surface area contributed by atoms with E-state index in [9.17, 15) is 9.18 Å². The number of ether oxygens (including phenoxy) is 1. The number of benzene rings is 1. The van der Waals surface area contributed by atoms with E-state index < -0.39 is 0 Å². The van der Waals surface area contributed by atoms with Crippen molar-refractivity contribution in [1.29, 1.82) is 0 Å². The molecule has 0 atom stereocenters. The first-order valence-electron chi connectivity index (χ1n) is 5.85. The molecule has 0 heterocycles. The highest BCUT2D eigenvalue weighted by molar-refractivity contribution is 5.77. The Morgan fingerprint density at radius 2 is 2.22 bits per heavy atom. The number of amides is 1. The highest BCUT2D eigenvalue weighted by Gasteiger charge is 2.02. The molecule has 0 aliphatic heterocycles. The third-order valence-corrected chi connectivity index (χ3v) is 2.48. The van der Waals surface area contributed by atoms with Gasteiger partial charge in [0.15, 0.2) is 0 Å². The average molecular weight is 254 g/mol. The zero-order valence-electron chi connectivity index (χ0n) is 10.8. The second-order valence-electron chi connectivity index (χ2n) is 4.03. The van der Waals surface area contributed by atoms with Crippen LogP contribution in [0.5, 0.6) is 0 Å². The molecule has 100 valence electrons. The van der Waals surface area contributed by atoms with E-state index in [0.717, 1.165) is 5.56 Å². The van der Waals surface area contributed by atoms with Gasteiger partial charge in [0, 0.05) is 20.2 Å². The third-order valence-electron chi connectivity index (χ3n) is 2.48. The molecule has 0 fully saturated rings. The van der Waals surface area contributed by atoms with Gasteiger partial charge in [-0.05, 0) is 24.1 Å². The molecule has 0 spiro atoms. The topological polar surface area (TPSA) is 50.4 Å². The first-order valence-corrected chi connectivity index (χ1v) is 5.85. The maximum Gasteiger partial charge on any atom is 0.234 e. The monoisotopic (exact) mass is 254 g/mol. The average Bonchev–Trinajstić information content (AvgIpc) is 2.36. The highest BCUT2D eigenvalue weighted by Crippen LogP contribution is 2.08. The molecule has 0 saturated heterocycles. The van der Waals surface area contributed by atoms with Crippen molar-refractivity contribution in [3.05, 3.63) is 35.1 Å². The maximum atomic E-state index is 13.0. The van der Waals surface area contributed by atoms with Gasteiger partial charge in [-0.2, -0.15) is 0 Å². The van der Waals surface area contributed by atoms with Crippen molar-refractivity contribution in [2.45, 2.75) is 13.5 Å². The van der Waals surface area contributed by atoms with Gasteiger partial charge in [0.25, 0.3) is 0 Å². The second-order valence-corrected chi connectivity index (χ2v) is 4.03. The van der Waals surface area contributed by atoms with Gasteiger partial charge in [-0.1, -0.05) is 12.1 Å². The fourth-order valence-electron chi connectivity index (χ4n) is 1.46. The summed E-state index contributed by atoms with van der Waals surface area (Å²) < 4.78 is 17.9. The van der Waals surface area contributed by atoms with Crippen molar-refractivity contribution in [3.8, 4) is 0 Å². The minimum absolute atomic E-state index is 0.0897. The summed E-state index contributed by atoms with van der Waals surface area (Å²) in [7, 11) is 1.61. The molecule has 2 N–H and O–H groups in total. The first-order chi connectivity index (χ1) is 8.63. The lowest BCUT2D eigenvalue weighted by Gasteiger charge is -2.07. The minimum Gasteiger partial charge on any atom is -0.383 e. The summed E-state index contributed by atoms with van der Waals surface area (Å²) in [5.41, 5.74) is 1.47. The molecule has 1 aromatic carbocycles. The van der Waals surface area contributed by atoms with Gasteiger partial charge < -0.3 is 15.4 Å². The summed E-state index contributed by atoms with van der Waals surface area (Å²) in [5.74, 6) is -0.320. The molecular formula is C13H19FN2O2. The molecule has 0 saturated carbocycles. The summed E-state index contributed by atoms with van der Waals surface area (Å²) in [6.45, 7) is 3.58. The largest absolute Gasteiger partial charge is 0.383 e. The van der Waals surface area contributed by atoms with Crippen molar-refractivity contribution in [2.24, 2.45) is 0 Å². The zero-order valence-corrected chi connectivity index (χ0v) is 10.8. The number of rotatable bonds is 7. The van der Waals surface area contributed by atoms with Crippen LogP contribution in [0.25, 0.3) is 0 Å². The van der Waals surface area contributed by atoms with Gasteiger partial charge >= 0.3 is 0 Å². The Labute approximate surface area is 107 Å². The summed E-state index contributed by atoms with van der Waals surface area (Å²) >= 11 is 0. The lowest BCUT2D eigenvalue weighted by Crippen LogP contribution is -2.34. The van der Waals surface area contributed by atoms with Gasteiger partial charge in [-0.3, -0.25) is 4.79 Å². The normalized spacial score (nSPS) is 10.4. The number of hydrogen-bond acceptors (Lipinski definition) is 3. The third kappa shape index (κ3) is 5.25. The predicted octanol–water partition coefficient (Wildman–Crippen LogP) is 0.986. The first kappa shape index (κ1) is 14.6. The summed E-state index contributed by atoms with van der Waals surface area (Å²) in [4.78, 5) is 11.4. The SMILES string of the molecule is COCCNCC(=O)NCc1ccc(F)c(C)c1. The van der Waals surface area contributed by atoms with Crippen LogP contribution in [-0.4, -0.2) is 32.7 Å². The Morgan fingerprint density at radius 3 is 2.89 bits per heavy atom. The van der Waals surface area contributed by atoms with E-state index in [1.807, 2.05) is 0 Å². The Bertz CT molecular complexity index is 397. The minimum atomic E-state index is -0.230. The summed E-state index contributed by atoms with van der Waals surface area (Å²) in [6, 6.07) is 4.81. The zero-order chi connectivity index (χ0) is 13.4. The Kier molecular flexibility index (Phi) is 6.32. The van der Waals surface area contributed by atoms with Crippen LogP contribution in [0.3, 0.4) is 0 Å². The van der Waals surface area contributed by atoms with E-state index in [2.05, 4.69) is 10.6 Å². The Hall–Kier alpha value is -1.46. The number of carbonyl (C=O) groups excluding carboxylic acids is 1. The molecule has 1 aromatic rings. The maximum absolute atomic E-state index is 13.0. The van der Waals surface area contributed by atoms with E-state index >= 15 is 0 Å². The number of aryl methyl sites for hydroxylation is 1. The van der Waals surface area contributed by atoms with E-state index in [1.165, 1.54) is 6.07 Å². The molecule has 0 aliphatic carbocycles. The van der Waals surface area contributed by atoms with Crippen molar-refractivity contribution in [1.82, 2.24) is 10.6 Å². The van der Waals surface area contributed by atoms with Crippen LogP contribution in [-0.2, 0) is 16.1 Å². The Balaban J connectivity index is 2.27. The molecule has 5 heteroatoms. The number of nitrogens with one attached hydrogen (secondary N) is 2. The van der Waals surface area contributed by atoms with E-state index in [4.69, 9.17) is 4.74 Å². The highest BCUT2D eigenvalue weighted by atomic mass is 19.1. The molecule has 4 nitrogen and oxygen atoms in total. The van der Waals surface area contributed by atoms with Crippen LogP contribution in [0.2, 0.25) is 0 Å². The van der Waals surface area contributed by atoms with Crippen molar-refractivity contribution in [3.63, 3.8) is 0 Å². The molecular weight excluding hydrogens is 235 g/mol.